The fourth-order valence-electron chi connectivity index (χ4n) is 2.98. The largest absolute Gasteiger partial charge is 0.341 e. The van der Waals surface area contributed by atoms with E-state index in [2.05, 4.69) is 20.2 Å². The van der Waals surface area contributed by atoms with Crippen molar-refractivity contribution in [2.45, 2.75) is 33.6 Å². The first-order valence-corrected chi connectivity index (χ1v) is 8.48. The number of nitrogens with one attached hydrogen (secondary N) is 1. The maximum Gasteiger partial charge on any atom is 0.255 e. The highest BCUT2D eigenvalue weighted by molar-refractivity contribution is 6.05. The highest BCUT2D eigenvalue weighted by Gasteiger charge is 2.18. The van der Waals surface area contributed by atoms with Crippen LogP contribution >= 0.6 is 0 Å². The Kier molecular flexibility index (Phi) is 4.79. The number of carbonyl (C=O) groups excluding carboxylic acids is 2. The zero-order valence-electron chi connectivity index (χ0n) is 14.8. The molecule has 1 aromatic heterocycles. The first kappa shape index (κ1) is 17.1. The number of nitrogens with zero attached hydrogens (tertiary/aromatic N) is 3. The summed E-state index contributed by atoms with van der Waals surface area (Å²) in [6, 6.07) is 6.61. The first-order valence-electron chi connectivity index (χ1n) is 8.48. The van der Waals surface area contributed by atoms with E-state index in [1.54, 1.807) is 24.3 Å². The lowest BCUT2D eigenvalue weighted by Gasteiger charge is -2.18. The molecule has 0 bridgehead atoms. The molecule has 2 heterocycles. The van der Waals surface area contributed by atoms with E-state index in [1.807, 2.05) is 13.8 Å². The highest BCUT2D eigenvalue weighted by atomic mass is 16.1. The van der Waals surface area contributed by atoms with E-state index >= 15 is 0 Å². The lowest BCUT2D eigenvalue weighted by atomic mass is 10.1. The molecule has 1 amide bonds. The Morgan fingerprint density at radius 3 is 2.00 bits per heavy atom. The van der Waals surface area contributed by atoms with Gasteiger partial charge in [0.05, 0.1) is 17.1 Å². The Labute approximate surface area is 147 Å². The smallest absolute Gasteiger partial charge is 0.255 e. The summed E-state index contributed by atoms with van der Waals surface area (Å²) in [7, 11) is 0. The summed E-state index contributed by atoms with van der Waals surface area (Å²) in [5.74, 6) is 0.472. The first-order chi connectivity index (χ1) is 12.0. The van der Waals surface area contributed by atoms with Gasteiger partial charge in [-0.15, -0.1) is 0 Å². The number of Topliss-reactive ketones (excluding diaryl/α,β-unsaturated/α-hetero) is 1. The van der Waals surface area contributed by atoms with Crippen LogP contribution in [0.4, 0.5) is 11.6 Å². The SMILES string of the molecule is CC(=O)c1ccc(C(=O)Nc2c(C)nc(N3CCCC3)nc2C)cc1. The van der Waals surface area contributed by atoms with E-state index in [1.165, 1.54) is 6.92 Å². The van der Waals surface area contributed by atoms with Crippen LogP contribution in [-0.2, 0) is 0 Å². The molecule has 0 saturated carbocycles. The number of aromatic nitrogens is 2. The molecule has 1 N–H and O–H groups in total. The molecule has 130 valence electrons. The number of carbonyl (C=O) groups is 2. The van der Waals surface area contributed by atoms with Crippen LogP contribution in [-0.4, -0.2) is 34.7 Å². The summed E-state index contributed by atoms with van der Waals surface area (Å²) in [6.07, 6.45) is 2.33. The molecule has 1 saturated heterocycles. The summed E-state index contributed by atoms with van der Waals surface area (Å²) in [5, 5.41) is 2.89. The second kappa shape index (κ2) is 7.01. The van der Waals surface area contributed by atoms with Crippen molar-refractivity contribution in [2.75, 3.05) is 23.3 Å². The van der Waals surface area contributed by atoms with Crippen LogP contribution in [0.25, 0.3) is 0 Å². The summed E-state index contributed by atoms with van der Waals surface area (Å²) in [6.45, 7) is 7.21. The zero-order valence-corrected chi connectivity index (χ0v) is 14.8. The van der Waals surface area contributed by atoms with Crippen LogP contribution in [0.1, 0.15) is 51.9 Å². The predicted octanol–water partition coefficient (Wildman–Crippen LogP) is 3.15. The molecule has 1 aromatic carbocycles. The Bertz CT molecular complexity index is 786. The number of amides is 1. The summed E-state index contributed by atoms with van der Waals surface area (Å²) < 4.78 is 0. The lowest BCUT2D eigenvalue weighted by molar-refractivity contribution is 0.100. The van der Waals surface area contributed by atoms with Gasteiger partial charge >= 0.3 is 0 Å². The summed E-state index contributed by atoms with van der Waals surface area (Å²) in [4.78, 5) is 35.1. The third-order valence-corrected chi connectivity index (χ3v) is 4.44. The minimum Gasteiger partial charge on any atom is -0.341 e. The summed E-state index contributed by atoms with van der Waals surface area (Å²) >= 11 is 0. The van der Waals surface area contributed by atoms with Crippen molar-refractivity contribution in [3.63, 3.8) is 0 Å². The molecule has 0 unspecified atom stereocenters. The van der Waals surface area contributed by atoms with E-state index in [0.29, 0.717) is 16.8 Å². The average Bonchev–Trinajstić information content (AvgIpc) is 3.12. The number of rotatable bonds is 4. The van der Waals surface area contributed by atoms with Gasteiger partial charge in [-0.1, -0.05) is 12.1 Å². The number of ketones is 1. The average molecular weight is 338 g/mol. The quantitative estimate of drug-likeness (QED) is 0.867. The molecule has 6 nitrogen and oxygen atoms in total. The second-order valence-electron chi connectivity index (χ2n) is 6.35. The van der Waals surface area contributed by atoms with Crippen LogP contribution in [0.5, 0.6) is 0 Å². The normalized spacial score (nSPS) is 13.8. The van der Waals surface area contributed by atoms with Crippen molar-refractivity contribution in [2.24, 2.45) is 0 Å². The predicted molar refractivity (Wildman–Crippen MR) is 97.4 cm³/mol. The van der Waals surface area contributed by atoms with Crippen molar-refractivity contribution in [1.82, 2.24) is 9.97 Å². The fraction of sp³-hybridized carbons (Fsp3) is 0.368. The van der Waals surface area contributed by atoms with Crippen LogP contribution in [0.15, 0.2) is 24.3 Å². The van der Waals surface area contributed by atoms with Gasteiger partial charge in [-0.25, -0.2) is 9.97 Å². The van der Waals surface area contributed by atoms with Crippen molar-refractivity contribution < 1.29 is 9.59 Å². The Balaban J connectivity index is 1.79. The topological polar surface area (TPSA) is 75.2 Å². The molecule has 1 fully saturated rings. The van der Waals surface area contributed by atoms with E-state index < -0.39 is 0 Å². The van der Waals surface area contributed by atoms with E-state index in [0.717, 1.165) is 43.3 Å². The van der Waals surface area contributed by atoms with Crippen LogP contribution < -0.4 is 10.2 Å². The minimum absolute atomic E-state index is 0.0236. The van der Waals surface area contributed by atoms with Crippen LogP contribution in [0.3, 0.4) is 0 Å². The highest BCUT2D eigenvalue weighted by Crippen LogP contribution is 2.23. The van der Waals surface area contributed by atoms with Crippen LogP contribution in [0.2, 0.25) is 0 Å². The number of aryl methyl sites for hydroxylation is 2. The van der Waals surface area contributed by atoms with Crippen molar-refractivity contribution in [3.8, 4) is 0 Å². The standard InChI is InChI=1S/C19H22N4O2/c1-12-17(13(2)21-19(20-12)23-10-4-5-11-23)22-18(25)16-8-6-15(7-9-16)14(3)24/h6-9H,4-5,10-11H2,1-3H3,(H,22,25). The number of benzene rings is 1. The maximum atomic E-state index is 12.5. The Morgan fingerprint density at radius 1 is 0.960 bits per heavy atom. The summed E-state index contributed by atoms with van der Waals surface area (Å²) in [5.41, 5.74) is 3.23. The molecular formula is C19H22N4O2. The molecule has 2 aromatic rings. The van der Waals surface area contributed by atoms with Gasteiger partial charge in [0, 0.05) is 24.2 Å². The van der Waals surface area contributed by atoms with Gasteiger partial charge in [-0.3, -0.25) is 9.59 Å². The number of hydrogen-bond acceptors (Lipinski definition) is 5. The van der Waals surface area contributed by atoms with Crippen molar-refractivity contribution in [3.05, 3.63) is 46.8 Å². The third kappa shape index (κ3) is 3.68. The fourth-order valence-corrected chi connectivity index (χ4v) is 2.98. The van der Waals surface area contributed by atoms with Crippen molar-refractivity contribution >= 4 is 23.3 Å². The van der Waals surface area contributed by atoms with Gasteiger partial charge in [0.1, 0.15) is 0 Å². The monoisotopic (exact) mass is 338 g/mol. The molecule has 0 aliphatic carbocycles. The van der Waals surface area contributed by atoms with Crippen molar-refractivity contribution in [1.29, 1.82) is 0 Å². The molecule has 25 heavy (non-hydrogen) atoms. The zero-order chi connectivity index (χ0) is 18.0. The number of hydrogen-bond donors (Lipinski definition) is 1. The Hall–Kier alpha value is -2.76. The molecular weight excluding hydrogens is 316 g/mol. The maximum absolute atomic E-state index is 12.5. The number of anilines is 2. The van der Waals surface area contributed by atoms with Gasteiger partial charge < -0.3 is 10.2 Å². The second-order valence-corrected chi connectivity index (χ2v) is 6.35. The van der Waals surface area contributed by atoms with Gasteiger partial charge in [-0.05, 0) is 45.7 Å². The van der Waals surface area contributed by atoms with Gasteiger partial charge in [-0.2, -0.15) is 0 Å². The Morgan fingerprint density at radius 2 is 1.48 bits per heavy atom. The van der Waals surface area contributed by atoms with Crippen LogP contribution in [0, 0.1) is 13.8 Å². The van der Waals surface area contributed by atoms with Gasteiger partial charge in [0.15, 0.2) is 5.78 Å². The lowest BCUT2D eigenvalue weighted by Crippen LogP contribution is -2.22. The third-order valence-electron chi connectivity index (χ3n) is 4.44. The molecule has 1 aliphatic rings. The van der Waals surface area contributed by atoms with E-state index in [9.17, 15) is 9.59 Å². The molecule has 1 aliphatic heterocycles. The van der Waals surface area contributed by atoms with Gasteiger partial charge in [0.25, 0.3) is 5.91 Å². The van der Waals surface area contributed by atoms with E-state index in [4.69, 9.17) is 0 Å². The molecule has 3 rings (SSSR count). The minimum atomic E-state index is -0.237. The van der Waals surface area contributed by atoms with E-state index in [-0.39, 0.29) is 11.7 Å². The van der Waals surface area contributed by atoms with Gasteiger partial charge in [0.2, 0.25) is 5.95 Å². The molecule has 0 spiro atoms. The molecule has 6 heteroatoms. The molecule has 0 atom stereocenters. The molecule has 0 radical (unpaired) electrons.